The van der Waals surface area contributed by atoms with Crippen LogP contribution in [0.2, 0.25) is 0 Å². The van der Waals surface area contributed by atoms with Gasteiger partial charge in [0.15, 0.2) is 17.3 Å². The summed E-state index contributed by atoms with van der Waals surface area (Å²) in [5.74, 6) is -16.7. The third-order valence-electron chi connectivity index (χ3n) is 18.0. The number of aliphatic carboxylic acids is 5. The molecule has 2 aromatic carbocycles. The minimum absolute atomic E-state index is 0.0466. The zero-order valence-electron chi connectivity index (χ0n) is 57.5. The number of allylic oxidation sites excluding steroid dienone is 8. The second-order valence-electron chi connectivity index (χ2n) is 26.1. The van der Waals surface area contributed by atoms with Gasteiger partial charge in [0, 0.05) is 123 Å². The number of likely N-dealkylation sites (N-methyl/N-ethyl adjacent to an activating group) is 1. The van der Waals surface area contributed by atoms with Crippen LogP contribution < -0.4 is 31.9 Å². The predicted octanol–water partition coefficient (Wildman–Crippen LogP) is 7.28. The first-order valence-electron chi connectivity index (χ1n) is 33.5. The van der Waals surface area contributed by atoms with Gasteiger partial charge in [0.2, 0.25) is 35.2 Å². The number of carboxylic acids is 5. The molecule has 99 heavy (non-hydrogen) atoms. The van der Waals surface area contributed by atoms with E-state index in [0.29, 0.717) is 32.2 Å². The van der Waals surface area contributed by atoms with Crippen LogP contribution in [0.5, 0.6) is 0 Å². The SMILES string of the molecule is CC[C@H](CCC(=O)O)C(=O)N[C@H](CCC(=O)O)C(=O)C[C@H](CCC(=O)O)C(=O)N[C@H](CCC(=O)O)C(=O)C[C@H](CCC(=O)O)C(=O)N[C@H](CCCCNC(=O)CCCCC[N+]1=C(C=CC=CC=CC=C2N(CC)c3ccc(C)cc3C2(C)C)C(C)(C)c2cc(S(=O)(=O)O)ccc21)C(N)=O. The van der Waals surface area contributed by atoms with E-state index in [2.05, 4.69) is 82.7 Å². The number of aryl methyl sites for hydroxylation is 1. The number of hydrogen-bond donors (Lipinski definition) is 11. The fourth-order valence-corrected chi connectivity index (χ4v) is 12.9. The molecule has 0 unspecified atom stereocenters. The summed E-state index contributed by atoms with van der Waals surface area (Å²) in [7, 11) is -4.49. The van der Waals surface area contributed by atoms with Crippen LogP contribution in [0.1, 0.15) is 187 Å². The number of nitrogens with two attached hydrogens (primary N) is 1. The summed E-state index contributed by atoms with van der Waals surface area (Å²) in [5.41, 5.74) is 12.2. The van der Waals surface area contributed by atoms with Crippen molar-refractivity contribution in [2.24, 2.45) is 23.5 Å². The van der Waals surface area contributed by atoms with Gasteiger partial charge in [-0.05, 0) is 128 Å². The molecule has 12 N–H and O–H groups in total. The highest BCUT2D eigenvalue weighted by atomic mass is 32.2. The molecule has 0 saturated heterocycles. The van der Waals surface area contributed by atoms with E-state index in [9.17, 15) is 90.9 Å². The molecule has 4 rings (SSSR count). The topological polar surface area (TPSA) is 441 Å². The Morgan fingerprint density at radius 2 is 1.07 bits per heavy atom. The first-order valence-corrected chi connectivity index (χ1v) is 35.0. The number of carbonyl (C=O) groups is 12. The van der Waals surface area contributed by atoms with Crippen LogP contribution in [0.4, 0.5) is 11.4 Å². The van der Waals surface area contributed by atoms with Crippen LogP contribution in [0.15, 0.2) is 89.5 Å². The highest BCUT2D eigenvalue weighted by Crippen LogP contribution is 2.48. The monoisotopic (exact) mass is 1400 g/mol. The number of fused-ring (bicyclic) bond motifs is 2. The number of carbonyl (C=O) groups excluding carboxylic acids is 7. The Morgan fingerprint density at radius 1 is 0.566 bits per heavy atom. The number of nitrogens with zero attached hydrogens (tertiary/aromatic N) is 2. The van der Waals surface area contributed by atoms with Gasteiger partial charge >= 0.3 is 29.8 Å². The number of rotatable bonds is 46. The van der Waals surface area contributed by atoms with Gasteiger partial charge in [0.1, 0.15) is 12.6 Å². The fourth-order valence-electron chi connectivity index (χ4n) is 12.3. The number of carboxylic acid groups (broad SMARTS) is 5. The Morgan fingerprint density at radius 3 is 1.59 bits per heavy atom. The minimum atomic E-state index is -4.49. The van der Waals surface area contributed by atoms with Crippen LogP contribution in [-0.4, -0.2) is 157 Å². The van der Waals surface area contributed by atoms with Crippen LogP contribution >= 0.6 is 0 Å². The number of nitrogens with one attached hydrogen (secondary N) is 4. The van der Waals surface area contributed by atoms with Gasteiger partial charge < -0.3 is 57.4 Å². The molecule has 2 aromatic rings. The van der Waals surface area contributed by atoms with Crippen LogP contribution in [0.25, 0.3) is 0 Å². The van der Waals surface area contributed by atoms with E-state index in [-0.39, 0.29) is 54.9 Å². The summed E-state index contributed by atoms with van der Waals surface area (Å²) in [6.07, 6.45) is 9.61. The number of benzene rings is 2. The van der Waals surface area contributed by atoms with Crippen molar-refractivity contribution in [1.82, 2.24) is 21.3 Å². The van der Waals surface area contributed by atoms with Crippen LogP contribution in [0, 0.1) is 24.7 Å². The highest BCUT2D eigenvalue weighted by molar-refractivity contribution is 7.85. The lowest BCUT2D eigenvalue weighted by Gasteiger charge is -2.25. The maximum Gasteiger partial charge on any atom is 0.303 e. The first kappa shape index (κ1) is 82.2. The smallest absolute Gasteiger partial charge is 0.303 e. The molecule has 0 fully saturated rings. The Kier molecular flexibility index (Phi) is 32.3. The normalized spacial score (nSPS) is 16.2. The standard InChI is InChI=1S/C71H97N7O20S/c1-8-45(25-33-61(82)83)67(93)74-51(29-36-64(88)89)56(79)41-46(26-34-62(84)85)68(94)75-52(30-37-65(90)91)57(80)42-47(27-35-63(86)87)69(95)76-53(66(72)92)20-17-18-38-73-60(81)23-16-13-19-39-78-55-32-28-48(99(96,97)98)43-50(55)71(6,7)59(78)22-15-12-10-11-14-21-58-70(4,5)49-40-44(3)24-31-54(49)77(58)9-2/h10-12,14-15,21-22,24,28,31-32,40,43,45-47,51-53H,8-9,13,16-20,23,25-27,29-30,33-39,41-42H2,1-7H3,(H11-,72,73,74,75,76,81,82,83,84,85,86,87,88,89,90,91,92,93,94,95,96,97,98)/p+1/t45-,46+,47+,51-,52-,53-/m1/s1. The number of hydrogen-bond acceptors (Lipinski definition) is 15. The van der Waals surface area contributed by atoms with Crippen LogP contribution in [-0.2, 0) is 78.5 Å². The lowest BCUT2D eigenvalue weighted by molar-refractivity contribution is -0.438. The largest absolute Gasteiger partial charge is 0.481 e. The second-order valence-corrected chi connectivity index (χ2v) is 27.6. The van der Waals surface area contributed by atoms with E-state index in [1.165, 1.54) is 34.6 Å². The van der Waals surface area contributed by atoms with E-state index in [1.54, 1.807) is 13.0 Å². The van der Waals surface area contributed by atoms with Gasteiger partial charge in [-0.3, -0.25) is 62.1 Å². The molecule has 27 nitrogen and oxygen atoms in total. The summed E-state index contributed by atoms with van der Waals surface area (Å²) in [6, 6.07) is 6.51. The second kappa shape index (κ2) is 38.8. The zero-order valence-corrected chi connectivity index (χ0v) is 58.3. The Bertz CT molecular complexity index is 3590. The van der Waals surface area contributed by atoms with Gasteiger partial charge in [0.25, 0.3) is 10.1 Å². The van der Waals surface area contributed by atoms with Gasteiger partial charge in [-0.2, -0.15) is 13.0 Å². The maximum atomic E-state index is 14.1. The lowest BCUT2D eigenvalue weighted by atomic mass is 9.81. The quantitative estimate of drug-likeness (QED) is 0.0134. The van der Waals surface area contributed by atoms with Gasteiger partial charge in [0.05, 0.1) is 22.4 Å². The van der Waals surface area contributed by atoms with E-state index < -0.39 is 187 Å². The van der Waals surface area contributed by atoms with Crippen molar-refractivity contribution in [3.63, 3.8) is 0 Å². The van der Waals surface area contributed by atoms with Crippen molar-refractivity contribution in [2.75, 3.05) is 24.5 Å². The summed E-state index contributed by atoms with van der Waals surface area (Å²) in [5, 5.41) is 57.2. The Balaban J connectivity index is 1.36. The zero-order chi connectivity index (χ0) is 74.0. The number of ketones is 2. The molecule has 0 bridgehead atoms. The molecular formula is C71H98N7O20S+. The number of Topliss-reactive ketones (excluding diaryl/α,β-unsaturated/α-hetero) is 2. The van der Waals surface area contributed by atoms with Crippen molar-refractivity contribution in [3.05, 3.63) is 101 Å². The summed E-state index contributed by atoms with van der Waals surface area (Å²) in [6.45, 7) is 15.8. The van der Waals surface area contributed by atoms with E-state index >= 15 is 0 Å². The maximum absolute atomic E-state index is 14.1. The van der Waals surface area contributed by atoms with E-state index in [0.717, 1.165) is 23.5 Å². The van der Waals surface area contributed by atoms with Crippen molar-refractivity contribution in [2.45, 2.75) is 211 Å². The third kappa shape index (κ3) is 25.6. The van der Waals surface area contributed by atoms with Crippen molar-refractivity contribution in [3.8, 4) is 0 Å². The van der Waals surface area contributed by atoms with Gasteiger partial charge in [-0.25, -0.2) is 0 Å². The van der Waals surface area contributed by atoms with E-state index in [4.69, 9.17) is 10.8 Å². The molecule has 542 valence electrons. The summed E-state index contributed by atoms with van der Waals surface area (Å²) < 4.78 is 36.5. The molecule has 2 aliphatic heterocycles. The molecule has 0 spiro atoms. The number of primary amides is 1. The molecule has 2 aliphatic rings. The average molecular weight is 1400 g/mol. The molecular weight excluding hydrogens is 1300 g/mol. The molecule has 0 radical (unpaired) electrons. The first-order chi connectivity index (χ1) is 46.5. The summed E-state index contributed by atoms with van der Waals surface area (Å²) >= 11 is 0. The van der Waals surface area contributed by atoms with Crippen molar-refractivity contribution < 1.29 is 101 Å². The average Bonchev–Trinajstić information content (AvgIpc) is 1.60. The molecule has 0 saturated carbocycles. The molecule has 2 heterocycles. The Hall–Kier alpha value is -9.18. The minimum Gasteiger partial charge on any atom is -0.481 e. The molecule has 0 aromatic heterocycles. The third-order valence-corrected chi connectivity index (χ3v) is 18.8. The van der Waals surface area contributed by atoms with Gasteiger partial charge in [-0.15, -0.1) is 0 Å². The fraction of sp³-hybridized carbons (Fsp3) is 0.535. The lowest BCUT2D eigenvalue weighted by Crippen LogP contribution is -2.49. The van der Waals surface area contributed by atoms with Crippen molar-refractivity contribution >= 4 is 98.2 Å². The van der Waals surface area contributed by atoms with Crippen LogP contribution in [0.3, 0.4) is 0 Å². The molecule has 6 atom stereocenters. The molecule has 5 amide bonds. The predicted molar refractivity (Wildman–Crippen MR) is 366 cm³/mol. The number of amides is 5. The molecule has 0 aliphatic carbocycles. The van der Waals surface area contributed by atoms with Gasteiger partial charge in [-0.1, -0.05) is 68.8 Å². The molecule has 28 heteroatoms. The Labute approximate surface area is 577 Å². The number of anilines is 1. The van der Waals surface area contributed by atoms with E-state index in [1.807, 2.05) is 50.3 Å². The number of unbranched alkanes of at least 4 members (excludes halogenated alkanes) is 3. The highest BCUT2D eigenvalue weighted by Gasteiger charge is 2.45. The summed E-state index contributed by atoms with van der Waals surface area (Å²) in [4.78, 5) is 155. The van der Waals surface area contributed by atoms with Crippen molar-refractivity contribution in [1.29, 1.82) is 0 Å².